The summed E-state index contributed by atoms with van der Waals surface area (Å²) in [6, 6.07) is 6.98. The maximum atomic E-state index is 11.2. The van der Waals surface area contributed by atoms with Gasteiger partial charge in [0.2, 0.25) is 0 Å². The highest BCUT2D eigenvalue weighted by molar-refractivity contribution is 5.69. The quantitative estimate of drug-likeness (QED) is 0.338. The minimum atomic E-state index is -0.339. The van der Waals surface area contributed by atoms with Crippen molar-refractivity contribution in [1.82, 2.24) is 0 Å². The van der Waals surface area contributed by atoms with Crippen LogP contribution in [0, 0.1) is 0 Å². The fraction of sp³-hybridized carbons (Fsp3) is 0.417. The van der Waals surface area contributed by atoms with Gasteiger partial charge in [0.1, 0.15) is 5.75 Å². The Bertz CT molecular complexity index is 337. The lowest BCUT2D eigenvalue weighted by Crippen LogP contribution is -2.12. The molecule has 0 heterocycles. The molecule has 0 saturated carbocycles. The molecule has 5 nitrogen and oxygen atoms in total. The van der Waals surface area contributed by atoms with Gasteiger partial charge in [0.15, 0.2) is 6.79 Å². The van der Waals surface area contributed by atoms with E-state index in [4.69, 9.17) is 19.9 Å². The molecule has 0 bridgehead atoms. The molecule has 0 amide bonds. The molecule has 0 radical (unpaired) electrons. The number of nitrogens with two attached hydrogens (primary N) is 1. The van der Waals surface area contributed by atoms with Crippen molar-refractivity contribution in [3.8, 4) is 5.75 Å². The van der Waals surface area contributed by atoms with E-state index in [0.29, 0.717) is 18.0 Å². The van der Waals surface area contributed by atoms with Crippen molar-refractivity contribution in [2.24, 2.45) is 0 Å². The van der Waals surface area contributed by atoms with E-state index in [1.54, 1.807) is 24.3 Å². The number of esters is 1. The third kappa shape index (κ3) is 5.77. The fourth-order valence-corrected chi connectivity index (χ4v) is 1.08. The van der Waals surface area contributed by atoms with Crippen LogP contribution in [0.1, 0.15) is 13.3 Å². The van der Waals surface area contributed by atoms with E-state index in [2.05, 4.69) is 0 Å². The molecule has 0 fully saturated rings. The summed E-state index contributed by atoms with van der Waals surface area (Å²) in [6.07, 6.45) is 0.192. The summed E-state index contributed by atoms with van der Waals surface area (Å²) in [5, 5.41) is 0. The Balaban J connectivity index is 2.14. The maximum Gasteiger partial charge on any atom is 0.311 e. The minimum Gasteiger partial charge on any atom is -0.493 e. The van der Waals surface area contributed by atoms with Crippen molar-refractivity contribution in [2.45, 2.75) is 13.3 Å². The van der Waals surface area contributed by atoms with Crippen LogP contribution in [0.3, 0.4) is 0 Å². The zero-order chi connectivity index (χ0) is 12.5. The molecule has 0 saturated heterocycles. The van der Waals surface area contributed by atoms with Crippen LogP contribution in [-0.2, 0) is 14.3 Å². The highest BCUT2D eigenvalue weighted by Crippen LogP contribution is 2.13. The molecule has 0 unspecified atom stereocenters. The van der Waals surface area contributed by atoms with Crippen LogP contribution in [0.25, 0.3) is 0 Å². The molecule has 0 aliphatic carbocycles. The first-order chi connectivity index (χ1) is 8.22. The summed E-state index contributed by atoms with van der Waals surface area (Å²) in [5.41, 5.74) is 6.20. The highest BCUT2D eigenvalue weighted by atomic mass is 16.7. The van der Waals surface area contributed by atoms with E-state index in [9.17, 15) is 4.79 Å². The molecule has 0 aliphatic rings. The van der Waals surface area contributed by atoms with Crippen LogP contribution in [0.4, 0.5) is 5.69 Å². The molecule has 0 aliphatic heterocycles. The largest absolute Gasteiger partial charge is 0.493 e. The van der Waals surface area contributed by atoms with Gasteiger partial charge < -0.3 is 19.9 Å². The summed E-state index contributed by atoms with van der Waals surface area (Å²) < 4.78 is 15.0. The van der Waals surface area contributed by atoms with E-state index >= 15 is 0 Å². The van der Waals surface area contributed by atoms with Gasteiger partial charge in [0.05, 0.1) is 13.0 Å². The number of hydrogen-bond donors (Lipinski definition) is 1. The summed E-state index contributed by atoms with van der Waals surface area (Å²) in [6.45, 7) is 2.62. The number of carbonyl (C=O) groups excluding carboxylic acids is 1. The molecule has 5 heteroatoms. The fourth-order valence-electron chi connectivity index (χ4n) is 1.08. The number of nitrogen functional groups attached to an aromatic ring is 1. The molecular weight excluding hydrogens is 222 g/mol. The minimum absolute atomic E-state index is 0.00277. The Labute approximate surface area is 100 Å². The molecule has 1 aromatic rings. The lowest BCUT2D eigenvalue weighted by Gasteiger charge is -2.06. The molecule has 17 heavy (non-hydrogen) atoms. The average molecular weight is 239 g/mol. The van der Waals surface area contributed by atoms with Crippen molar-refractivity contribution in [2.75, 3.05) is 25.7 Å². The summed E-state index contributed by atoms with van der Waals surface area (Å²) in [4.78, 5) is 11.2. The number of ether oxygens (including phenoxy) is 3. The van der Waals surface area contributed by atoms with Crippen LogP contribution in [0.5, 0.6) is 5.75 Å². The second-order valence-corrected chi connectivity index (χ2v) is 3.29. The van der Waals surface area contributed by atoms with E-state index in [-0.39, 0.29) is 25.8 Å². The maximum absolute atomic E-state index is 11.2. The van der Waals surface area contributed by atoms with Crippen LogP contribution < -0.4 is 10.5 Å². The number of benzene rings is 1. The molecule has 94 valence electrons. The van der Waals surface area contributed by atoms with Crippen molar-refractivity contribution in [3.63, 3.8) is 0 Å². The SMILES string of the molecule is CCOCOC(=O)CCOc1ccc(N)cc1. The van der Waals surface area contributed by atoms with Crippen molar-refractivity contribution >= 4 is 11.7 Å². The molecule has 1 aromatic carbocycles. The Morgan fingerprint density at radius 2 is 2.00 bits per heavy atom. The number of rotatable bonds is 7. The third-order valence-corrected chi connectivity index (χ3v) is 1.96. The Morgan fingerprint density at radius 1 is 1.29 bits per heavy atom. The first-order valence-corrected chi connectivity index (χ1v) is 5.44. The molecule has 0 spiro atoms. The van der Waals surface area contributed by atoms with E-state index in [1.807, 2.05) is 6.92 Å². The molecule has 0 atom stereocenters. The van der Waals surface area contributed by atoms with Crippen LogP contribution in [0.15, 0.2) is 24.3 Å². The number of anilines is 1. The smallest absolute Gasteiger partial charge is 0.311 e. The van der Waals surface area contributed by atoms with Gasteiger partial charge in [0.25, 0.3) is 0 Å². The van der Waals surface area contributed by atoms with Gasteiger partial charge in [-0.05, 0) is 31.2 Å². The predicted octanol–water partition coefficient (Wildman–Crippen LogP) is 1.57. The first-order valence-electron chi connectivity index (χ1n) is 5.44. The van der Waals surface area contributed by atoms with E-state index in [1.165, 1.54) is 0 Å². The number of carbonyl (C=O) groups is 1. The van der Waals surface area contributed by atoms with Crippen LogP contribution in [-0.4, -0.2) is 26.0 Å². The van der Waals surface area contributed by atoms with E-state index in [0.717, 1.165) is 0 Å². The lowest BCUT2D eigenvalue weighted by atomic mass is 10.3. The summed E-state index contributed by atoms with van der Waals surface area (Å²) in [7, 11) is 0. The van der Waals surface area contributed by atoms with Gasteiger partial charge in [-0.2, -0.15) is 0 Å². The Kier molecular flexibility index (Phi) is 5.88. The normalized spacial score (nSPS) is 9.94. The monoisotopic (exact) mass is 239 g/mol. The topological polar surface area (TPSA) is 70.8 Å². The number of hydrogen-bond acceptors (Lipinski definition) is 5. The molecule has 2 N–H and O–H groups in total. The zero-order valence-electron chi connectivity index (χ0n) is 9.85. The van der Waals surface area contributed by atoms with Crippen molar-refractivity contribution in [3.05, 3.63) is 24.3 Å². The highest BCUT2D eigenvalue weighted by Gasteiger charge is 2.03. The third-order valence-electron chi connectivity index (χ3n) is 1.96. The molecule has 0 aromatic heterocycles. The van der Waals surface area contributed by atoms with Crippen LogP contribution in [0.2, 0.25) is 0 Å². The van der Waals surface area contributed by atoms with Gasteiger partial charge in [-0.15, -0.1) is 0 Å². The Morgan fingerprint density at radius 3 is 2.65 bits per heavy atom. The summed E-state index contributed by atoms with van der Waals surface area (Å²) >= 11 is 0. The zero-order valence-corrected chi connectivity index (χ0v) is 9.85. The van der Waals surface area contributed by atoms with Gasteiger partial charge >= 0.3 is 5.97 Å². The van der Waals surface area contributed by atoms with E-state index < -0.39 is 0 Å². The standard InChI is InChI=1S/C12H17NO4/c1-2-15-9-17-12(14)7-8-16-11-5-3-10(13)4-6-11/h3-6H,2,7-9,13H2,1H3. The lowest BCUT2D eigenvalue weighted by molar-refractivity contribution is -0.156. The Hall–Kier alpha value is -1.75. The van der Waals surface area contributed by atoms with Crippen molar-refractivity contribution in [1.29, 1.82) is 0 Å². The van der Waals surface area contributed by atoms with Gasteiger partial charge in [-0.3, -0.25) is 4.79 Å². The first kappa shape index (κ1) is 13.3. The second-order valence-electron chi connectivity index (χ2n) is 3.29. The molecular formula is C12H17NO4. The molecule has 1 rings (SSSR count). The second kappa shape index (κ2) is 7.51. The van der Waals surface area contributed by atoms with Gasteiger partial charge in [0, 0.05) is 12.3 Å². The van der Waals surface area contributed by atoms with Gasteiger partial charge in [-0.1, -0.05) is 0 Å². The average Bonchev–Trinajstić information content (AvgIpc) is 2.32. The summed E-state index contributed by atoms with van der Waals surface area (Å²) in [5.74, 6) is 0.339. The van der Waals surface area contributed by atoms with Gasteiger partial charge in [-0.25, -0.2) is 0 Å². The van der Waals surface area contributed by atoms with Crippen LogP contribution >= 0.6 is 0 Å². The predicted molar refractivity (Wildman–Crippen MR) is 63.6 cm³/mol. The van der Waals surface area contributed by atoms with Crippen molar-refractivity contribution < 1.29 is 19.0 Å².